The quantitative estimate of drug-likeness (QED) is 0.397. The van der Waals surface area contributed by atoms with E-state index in [1.165, 1.54) is 11.8 Å². The fourth-order valence-corrected chi connectivity index (χ4v) is 6.24. The number of para-hydroxylation sites is 1. The van der Waals surface area contributed by atoms with Crippen molar-refractivity contribution in [2.45, 2.75) is 65.5 Å². The van der Waals surface area contributed by atoms with Gasteiger partial charge in [-0.15, -0.1) is 0 Å². The largest absolute Gasteiger partial charge is 0.493 e. The van der Waals surface area contributed by atoms with E-state index in [1.54, 1.807) is 39.0 Å². The fourth-order valence-electron chi connectivity index (χ4n) is 5.28. The number of allylic oxidation sites excluding steroid dienone is 1. The van der Waals surface area contributed by atoms with E-state index < -0.39 is 17.6 Å². The summed E-state index contributed by atoms with van der Waals surface area (Å²) in [5.41, 5.74) is 1.59. The van der Waals surface area contributed by atoms with Gasteiger partial charge in [0.25, 0.3) is 0 Å². The summed E-state index contributed by atoms with van der Waals surface area (Å²) in [4.78, 5) is 47.8. The smallest absolute Gasteiger partial charge is 0.338 e. The van der Waals surface area contributed by atoms with Crippen LogP contribution < -0.4 is 9.47 Å². The molecule has 0 radical (unpaired) electrons. The van der Waals surface area contributed by atoms with Gasteiger partial charge in [0.1, 0.15) is 5.60 Å². The molecule has 1 aromatic carbocycles. The van der Waals surface area contributed by atoms with Gasteiger partial charge in [0.2, 0.25) is 5.91 Å². The number of thioether (sulfide) groups is 1. The molecular formula is C30H39N3O7S. The molecule has 3 aliphatic heterocycles. The Balaban J connectivity index is 1.66. The number of rotatable bonds is 8. The first-order chi connectivity index (χ1) is 19.5. The van der Waals surface area contributed by atoms with Crippen LogP contribution in [0.15, 0.2) is 45.6 Å². The zero-order chi connectivity index (χ0) is 29.9. The van der Waals surface area contributed by atoms with E-state index in [0.29, 0.717) is 66.0 Å². The van der Waals surface area contributed by atoms with Gasteiger partial charge < -0.3 is 28.7 Å². The summed E-state index contributed by atoms with van der Waals surface area (Å²) >= 11 is 1.41. The lowest BCUT2D eigenvalue weighted by Gasteiger charge is -2.38. The van der Waals surface area contributed by atoms with Crippen LogP contribution in [-0.2, 0) is 23.9 Å². The second-order valence-corrected chi connectivity index (χ2v) is 11.9. The van der Waals surface area contributed by atoms with Crippen LogP contribution in [-0.4, -0.2) is 72.3 Å². The summed E-state index contributed by atoms with van der Waals surface area (Å²) in [7, 11) is 3.12. The van der Waals surface area contributed by atoms with Gasteiger partial charge >= 0.3 is 11.9 Å². The molecule has 1 aromatic rings. The molecule has 0 aromatic heterocycles. The Morgan fingerprint density at radius 3 is 2.41 bits per heavy atom. The maximum absolute atomic E-state index is 13.7. The highest BCUT2D eigenvalue weighted by molar-refractivity contribution is 8.16. The normalized spacial score (nSPS) is 19.3. The maximum Gasteiger partial charge on any atom is 0.338 e. The third-order valence-electron chi connectivity index (χ3n) is 7.15. The molecule has 11 heteroatoms. The number of nitrogens with zero attached hydrogens (tertiary/aromatic N) is 3. The predicted molar refractivity (Wildman–Crippen MR) is 156 cm³/mol. The lowest BCUT2D eigenvalue weighted by Crippen LogP contribution is -2.42. The van der Waals surface area contributed by atoms with Crippen LogP contribution >= 0.6 is 11.8 Å². The van der Waals surface area contributed by atoms with Crippen LogP contribution in [0.2, 0.25) is 0 Å². The highest BCUT2D eigenvalue weighted by Gasteiger charge is 2.44. The lowest BCUT2D eigenvalue weighted by molar-refractivity contribution is -0.151. The average molecular weight is 586 g/mol. The topological polar surface area (TPSA) is 107 Å². The number of amidine groups is 1. The highest BCUT2D eigenvalue weighted by atomic mass is 32.2. The Kier molecular flexibility index (Phi) is 9.36. The monoisotopic (exact) mass is 585 g/mol. The van der Waals surface area contributed by atoms with E-state index in [2.05, 4.69) is 0 Å². The Labute approximate surface area is 245 Å². The fraction of sp³-hybridized carbons (Fsp3) is 0.533. The number of carbonyl (C=O) groups excluding carboxylic acids is 3. The number of likely N-dealkylation sites (tertiary alicyclic amines) is 1. The van der Waals surface area contributed by atoms with Crippen molar-refractivity contribution in [2.75, 3.05) is 33.9 Å². The van der Waals surface area contributed by atoms with E-state index in [-0.39, 0.29) is 24.2 Å². The number of hydrogen-bond donors (Lipinski definition) is 0. The molecular weight excluding hydrogens is 546 g/mol. The molecule has 10 nitrogen and oxygen atoms in total. The summed E-state index contributed by atoms with van der Waals surface area (Å²) in [6.45, 7) is 10.4. The average Bonchev–Trinajstić information content (AvgIpc) is 3.32. The number of fused-ring (bicyclic) bond motifs is 1. The number of ether oxygens (including phenoxy) is 4. The molecule has 1 amide bonds. The summed E-state index contributed by atoms with van der Waals surface area (Å²) in [5, 5.41) is 2.57. The van der Waals surface area contributed by atoms with Gasteiger partial charge in [-0.05, 0) is 58.9 Å². The number of hydrogen-bond acceptors (Lipinski definition) is 10. The maximum atomic E-state index is 13.7. The minimum Gasteiger partial charge on any atom is -0.493 e. The van der Waals surface area contributed by atoms with Crippen molar-refractivity contribution in [3.8, 4) is 11.5 Å². The first-order valence-electron chi connectivity index (χ1n) is 13.8. The Morgan fingerprint density at radius 2 is 1.80 bits per heavy atom. The van der Waals surface area contributed by atoms with Crippen LogP contribution in [0, 0.1) is 5.92 Å². The van der Waals surface area contributed by atoms with Gasteiger partial charge in [0.05, 0.1) is 50.5 Å². The van der Waals surface area contributed by atoms with E-state index in [1.807, 2.05) is 43.2 Å². The minimum atomic E-state index is -0.721. The molecule has 3 aliphatic rings. The summed E-state index contributed by atoms with van der Waals surface area (Å²) in [6, 6.07) is 4.86. The number of piperidine rings is 1. The molecule has 1 saturated heterocycles. The SMILES string of the molecule is CCOC(=O)C1CCN(C(=O)CC2=CSC3=NC(C)=C(C(=O)OC(C)(C)C)[C@H](c4cccc(OC)c4OC)N23)CC1. The molecule has 0 N–H and O–H groups in total. The molecule has 0 spiro atoms. The van der Waals surface area contributed by atoms with E-state index >= 15 is 0 Å². The minimum absolute atomic E-state index is 0.0538. The highest BCUT2D eigenvalue weighted by Crippen LogP contribution is 2.49. The molecule has 1 fully saturated rings. The first-order valence-corrected chi connectivity index (χ1v) is 14.7. The van der Waals surface area contributed by atoms with Crippen molar-refractivity contribution in [2.24, 2.45) is 10.9 Å². The van der Waals surface area contributed by atoms with Crippen LogP contribution in [0.5, 0.6) is 11.5 Å². The van der Waals surface area contributed by atoms with Crippen molar-refractivity contribution in [1.82, 2.24) is 9.80 Å². The first kappa shape index (κ1) is 30.5. The van der Waals surface area contributed by atoms with Crippen LogP contribution in [0.3, 0.4) is 0 Å². The van der Waals surface area contributed by atoms with E-state index in [0.717, 1.165) is 5.70 Å². The summed E-state index contributed by atoms with van der Waals surface area (Å²) in [6.07, 6.45) is 1.26. The third-order valence-corrected chi connectivity index (χ3v) is 8.04. The van der Waals surface area contributed by atoms with Crippen molar-refractivity contribution in [1.29, 1.82) is 0 Å². The van der Waals surface area contributed by atoms with Crippen molar-refractivity contribution in [3.05, 3.63) is 46.1 Å². The van der Waals surface area contributed by atoms with Gasteiger partial charge in [-0.3, -0.25) is 9.59 Å². The third kappa shape index (κ3) is 6.55. The Hall–Kier alpha value is -3.47. The van der Waals surface area contributed by atoms with Crippen LogP contribution in [0.1, 0.15) is 65.5 Å². The van der Waals surface area contributed by atoms with E-state index in [9.17, 15) is 14.4 Å². The number of esters is 2. The molecule has 0 bridgehead atoms. The number of amides is 1. The Morgan fingerprint density at radius 1 is 1.10 bits per heavy atom. The van der Waals surface area contributed by atoms with Crippen molar-refractivity contribution < 1.29 is 33.3 Å². The van der Waals surface area contributed by atoms with Gasteiger partial charge in [0, 0.05) is 24.4 Å². The number of aliphatic imine (C=N–C) groups is 1. The number of methoxy groups -OCH3 is 2. The molecule has 0 aliphatic carbocycles. The van der Waals surface area contributed by atoms with Crippen molar-refractivity contribution >= 4 is 34.8 Å². The van der Waals surface area contributed by atoms with Crippen LogP contribution in [0.4, 0.5) is 0 Å². The summed E-state index contributed by atoms with van der Waals surface area (Å²) in [5.74, 6) is 0.0797. The number of benzene rings is 1. The number of carbonyl (C=O) groups is 3. The Bertz CT molecular complexity index is 1290. The molecule has 1 atom stereocenters. The molecule has 222 valence electrons. The molecule has 0 saturated carbocycles. The molecule has 4 rings (SSSR count). The van der Waals surface area contributed by atoms with Gasteiger partial charge in [-0.25, -0.2) is 9.79 Å². The molecule has 3 heterocycles. The molecule has 41 heavy (non-hydrogen) atoms. The predicted octanol–water partition coefficient (Wildman–Crippen LogP) is 4.81. The van der Waals surface area contributed by atoms with Gasteiger partial charge in [0.15, 0.2) is 16.7 Å². The molecule has 0 unspecified atom stereocenters. The van der Waals surface area contributed by atoms with E-state index in [4.69, 9.17) is 23.9 Å². The van der Waals surface area contributed by atoms with Gasteiger partial charge in [-0.1, -0.05) is 23.9 Å². The second-order valence-electron chi connectivity index (χ2n) is 11.1. The standard InChI is InChI=1S/C30H39N3O7S/c1-8-39-27(35)19-12-14-32(15-13-19)23(34)16-20-17-41-29-31-18(2)24(28(36)40-30(3,4)5)25(33(20)29)21-10-9-11-22(37-6)26(21)38-7/h9-11,17,19,25H,8,12-16H2,1-7H3/t25-/m0/s1. The second kappa shape index (κ2) is 12.6. The lowest BCUT2D eigenvalue weighted by atomic mass is 9.92. The van der Waals surface area contributed by atoms with Crippen molar-refractivity contribution in [3.63, 3.8) is 0 Å². The zero-order valence-electron chi connectivity index (χ0n) is 24.8. The summed E-state index contributed by atoms with van der Waals surface area (Å²) < 4.78 is 22.4. The zero-order valence-corrected chi connectivity index (χ0v) is 25.6. The van der Waals surface area contributed by atoms with Gasteiger partial charge in [-0.2, -0.15) is 0 Å². The van der Waals surface area contributed by atoms with Crippen LogP contribution in [0.25, 0.3) is 0 Å².